The molecule has 17 heavy (non-hydrogen) atoms. The molecule has 0 amide bonds. The Kier molecular flexibility index (Phi) is 4.06. The van der Waals surface area contributed by atoms with Crippen LogP contribution in [0.4, 0.5) is 5.69 Å². The summed E-state index contributed by atoms with van der Waals surface area (Å²) in [5.74, 6) is 1.70. The van der Waals surface area contributed by atoms with E-state index < -0.39 is 0 Å². The summed E-state index contributed by atoms with van der Waals surface area (Å²) in [7, 11) is 0. The van der Waals surface area contributed by atoms with Gasteiger partial charge in [-0.3, -0.25) is 0 Å². The van der Waals surface area contributed by atoms with Gasteiger partial charge in [-0.15, -0.1) is 0 Å². The Morgan fingerprint density at radius 1 is 1.35 bits per heavy atom. The van der Waals surface area contributed by atoms with Crippen molar-refractivity contribution in [2.45, 2.75) is 27.3 Å². The molecule has 1 heterocycles. The quantitative estimate of drug-likeness (QED) is 0.840. The molecule has 2 rings (SSSR count). The van der Waals surface area contributed by atoms with Gasteiger partial charge in [-0.05, 0) is 36.1 Å². The van der Waals surface area contributed by atoms with Gasteiger partial charge in [0.15, 0.2) is 0 Å². The van der Waals surface area contributed by atoms with Crippen molar-refractivity contribution in [3.63, 3.8) is 0 Å². The van der Waals surface area contributed by atoms with Crippen molar-refractivity contribution in [3.05, 3.63) is 29.8 Å². The summed E-state index contributed by atoms with van der Waals surface area (Å²) >= 11 is 0. The molecule has 1 saturated heterocycles. The third kappa shape index (κ3) is 3.01. The van der Waals surface area contributed by atoms with Crippen LogP contribution in [0.5, 0.6) is 0 Å². The van der Waals surface area contributed by atoms with Crippen LogP contribution in [-0.4, -0.2) is 19.6 Å². The van der Waals surface area contributed by atoms with Crippen LogP contribution in [0.25, 0.3) is 0 Å². The van der Waals surface area contributed by atoms with Crippen molar-refractivity contribution in [3.8, 4) is 0 Å². The maximum absolute atomic E-state index is 3.38. The predicted octanol–water partition coefficient (Wildman–Crippen LogP) is 2.89. The molecule has 0 unspecified atom stereocenters. The third-order valence-electron chi connectivity index (χ3n) is 3.71. The molecule has 1 aliphatic heterocycles. The second kappa shape index (κ2) is 5.54. The summed E-state index contributed by atoms with van der Waals surface area (Å²) in [5.41, 5.74) is 2.77. The Labute approximate surface area is 105 Å². The Morgan fingerprint density at radius 2 is 2.12 bits per heavy atom. The monoisotopic (exact) mass is 232 g/mol. The van der Waals surface area contributed by atoms with Gasteiger partial charge in [0.05, 0.1) is 0 Å². The summed E-state index contributed by atoms with van der Waals surface area (Å²) in [6.45, 7) is 11.2. The van der Waals surface area contributed by atoms with Crippen molar-refractivity contribution in [2.75, 3.05) is 24.5 Å². The van der Waals surface area contributed by atoms with Crippen molar-refractivity contribution in [2.24, 2.45) is 11.8 Å². The van der Waals surface area contributed by atoms with Gasteiger partial charge in [0.2, 0.25) is 0 Å². The second-order valence-corrected chi connectivity index (χ2v) is 5.36. The Hall–Kier alpha value is -1.02. The molecule has 0 radical (unpaired) electrons. The second-order valence-electron chi connectivity index (χ2n) is 5.36. The lowest BCUT2D eigenvalue weighted by molar-refractivity contribution is 0.310. The number of anilines is 1. The number of nitrogens with zero attached hydrogens (tertiary/aromatic N) is 1. The third-order valence-corrected chi connectivity index (χ3v) is 3.71. The Morgan fingerprint density at radius 3 is 2.76 bits per heavy atom. The summed E-state index contributed by atoms with van der Waals surface area (Å²) in [5, 5.41) is 3.38. The van der Waals surface area contributed by atoms with Crippen LogP contribution >= 0.6 is 0 Å². The molecule has 0 saturated carbocycles. The first-order valence-corrected chi connectivity index (χ1v) is 6.75. The van der Waals surface area contributed by atoms with E-state index in [0.29, 0.717) is 0 Å². The molecule has 1 aromatic carbocycles. The summed E-state index contributed by atoms with van der Waals surface area (Å²) in [6.07, 6.45) is 0. The average molecular weight is 232 g/mol. The van der Waals surface area contributed by atoms with Gasteiger partial charge < -0.3 is 10.2 Å². The molecule has 0 spiro atoms. The minimum Gasteiger partial charge on any atom is -0.371 e. The van der Waals surface area contributed by atoms with E-state index in [9.17, 15) is 0 Å². The van der Waals surface area contributed by atoms with E-state index in [-0.39, 0.29) is 0 Å². The molecule has 94 valence electrons. The molecule has 0 bridgehead atoms. The normalized spacial score (nSPS) is 16.4. The van der Waals surface area contributed by atoms with Gasteiger partial charge in [-0.2, -0.15) is 0 Å². The minimum atomic E-state index is 0.816. The molecular formula is C15H24N2. The van der Waals surface area contributed by atoms with E-state index in [0.717, 1.165) is 24.9 Å². The SMILES string of the molecule is CCNCc1cccc(N2CC(C(C)C)C2)c1. The van der Waals surface area contributed by atoms with Crippen molar-refractivity contribution in [1.82, 2.24) is 5.32 Å². The lowest BCUT2D eigenvalue weighted by atomic mass is 9.88. The van der Waals surface area contributed by atoms with Gasteiger partial charge in [0, 0.05) is 25.3 Å². The maximum atomic E-state index is 3.38. The summed E-state index contributed by atoms with van der Waals surface area (Å²) in [4.78, 5) is 2.49. The zero-order valence-corrected chi connectivity index (χ0v) is 11.2. The highest BCUT2D eigenvalue weighted by Gasteiger charge is 2.28. The van der Waals surface area contributed by atoms with E-state index in [4.69, 9.17) is 0 Å². The number of rotatable bonds is 5. The van der Waals surface area contributed by atoms with Crippen LogP contribution in [0.15, 0.2) is 24.3 Å². The molecule has 0 aliphatic carbocycles. The van der Waals surface area contributed by atoms with E-state index in [1.165, 1.54) is 24.3 Å². The van der Waals surface area contributed by atoms with Crippen molar-refractivity contribution in [1.29, 1.82) is 0 Å². The molecule has 0 atom stereocenters. The Balaban J connectivity index is 1.93. The molecule has 0 aromatic heterocycles. The fraction of sp³-hybridized carbons (Fsp3) is 0.600. The summed E-state index contributed by atoms with van der Waals surface area (Å²) in [6, 6.07) is 8.92. The first-order chi connectivity index (χ1) is 8.20. The fourth-order valence-corrected chi connectivity index (χ4v) is 2.28. The highest BCUT2D eigenvalue weighted by Crippen LogP contribution is 2.29. The lowest BCUT2D eigenvalue weighted by Crippen LogP contribution is -2.49. The van der Waals surface area contributed by atoms with E-state index in [2.05, 4.69) is 55.3 Å². The average Bonchev–Trinajstić information content (AvgIpc) is 2.24. The van der Waals surface area contributed by atoms with Crippen LogP contribution < -0.4 is 10.2 Å². The molecule has 1 aromatic rings. The Bertz CT molecular complexity index is 354. The van der Waals surface area contributed by atoms with E-state index >= 15 is 0 Å². The maximum Gasteiger partial charge on any atom is 0.0369 e. The van der Waals surface area contributed by atoms with Gasteiger partial charge in [-0.25, -0.2) is 0 Å². The molecule has 2 nitrogen and oxygen atoms in total. The topological polar surface area (TPSA) is 15.3 Å². The van der Waals surface area contributed by atoms with Crippen LogP contribution in [0.3, 0.4) is 0 Å². The molecule has 2 heteroatoms. The standard InChI is InChI=1S/C15H24N2/c1-4-16-9-13-6-5-7-15(8-13)17-10-14(11-17)12(2)3/h5-8,12,14,16H,4,9-11H2,1-3H3. The number of benzene rings is 1. The van der Waals surface area contributed by atoms with Crippen LogP contribution in [0.1, 0.15) is 26.3 Å². The van der Waals surface area contributed by atoms with Gasteiger partial charge >= 0.3 is 0 Å². The number of hydrogen-bond acceptors (Lipinski definition) is 2. The molecular weight excluding hydrogens is 208 g/mol. The smallest absolute Gasteiger partial charge is 0.0369 e. The predicted molar refractivity (Wildman–Crippen MR) is 74.4 cm³/mol. The zero-order valence-electron chi connectivity index (χ0n) is 11.2. The van der Waals surface area contributed by atoms with Crippen molar-refractivity contribution >= 4 is 5.69 Å². The molecule has 1 fully saturated rings. The minimum absolute atomic E-state index is 0.816. The molecule has 1 aliphatic rings. The van der Waals surface area contributed by atoms with E-state index in [1.807, 2.05) is 0 Å². The zero-order chi connectivity index (χ0) is 12.3. The van der Waals surface area contributed by atoms with Crippen molar-refractivity contribution < 1.29 is 0 Å². The fourth-order valence-electron chi connectivity index (χ4n) is 2.28. The summed E-state index contributed by atoms with van der Waals surface area (Å²) < 4.78 is 0. The van der Waals surface area contributed by atoms with E-state index in [1.54, 1.807) is 0 Å². The highest BCUT2D eigenvalue weighted by molar-refractivity contribution is 5.50. The number of hydrogen-bond donors (Lipinski definition) is 1. The molecule has 1 N–H and O–H groups in total. The van der Waals surface area contributed by atoms with Gasteiger partial charge in [0.1, 0.15) is 0 Å². The van der Waals surface area contributed by atoms with Crippen LogP contribution in [0, 0.1) is 11.8 Å². The largest absolute Gasteiger partial charge is 0.371 e. The van der Waals surface area contributed by atoms with Gasteiger partial charge in [-0.1, -0.05) is 32.9 Å². The highest BCUT2D eigenvalue weighted by atomic mass is 15.2. The van der Waals surface area contributed by atoms with Crippen LogP contribution in [-0.2, 0) is 6.54 Å². The first kappa shape index (κ1) is 12.4. The lowest BCUT2D eigenvalue weighted by Gasteiger charge is -2.43. The van der Waals surface area contributed by atoms with Gasteiger partial charge in [0.25, 0.3) is 0 Å². The first-order valence-electron chi connectivity index (χ1n) is 6.75. The number of nitrogens with one attached hydrogen (secondary N) is 1. The van der Waals surface area contributed by atoms with Crippen LogP contribution in [0.2, 0.25) is 0 Å².